The Labute approximate surface area is 96.8 Å². The topological polar surface area (TPSA) is 3.88 Å². The van der Waals surface area contributed by atoms with Crippen LogP contribution in [0.5, 0.6) is 0 Å². The zero-order chi connectivity index (χ0) is 9.80. The van der Waals surface area contributed by atoms with Gasteiger partial charge in [-0.25, -0.2) is 0 Å². The van der Waals surface area contributed by atoms with Gasteiger partial charge in [0.15, 0.2) is 18.4 Å². The lowest BCUT2D eigenvalue weighted by molar-refractivity contribution is -0.710. The fourth-order valence-electron chi connectivity index (χ4n) is 1.57. The van der Waals surface area contributed by atoms with Crippen molar-refractivity contribution >= 4 is 0 Å². The molecule has 1 atom stereocenters. The number of pyridine rings is 1. The molecule has 2 heteroatoms. The molecule has 1 aromatic carbocycles. The van der Waals surface area contributed by atoms with Gasteiger partial charge in [-0.15, -0.1) is 0 Å². The van der Waals surface area contributed by atoms with Crippen molar-refractivity contribution in [1.82, 2.24) is 0 Å². The van der Waals surface area contributed by atoms with Gasteiger partial charge in [0.25, 0.3) is 0 Å². The van der Waals surface area contributed by atoms with Crippen LogP contribution in [0, 0.1) is 0 Å². The van der Waals surface area contributed by atoms with E-state index in [0.717, 1.165) is 0 Å². The van der Waals surface area contributed by atoms with E-state index in [-0.39, 0.29) is 12.4 Å². The molecule has 0 aliphatic heterocycles. The van der Waals surface area contributed by atoms with Gasteiger partial charge in [0, 0.05) is 24.6 Å². The van der Waals surface area contributed by atoms with E-state index in [0.29, 0.717) is 6.04 Å². The van der Waals surface area contributed by atoms with Gasteiger partial charge < -0.3 is 12.4 Å². The average Bonchev–Trinajstić information content (AvgIpc) is 2.30. The molecular weight excluding hydrogens is 206 g/mol. The SMILES string of the molecule is CC(c1ccccc1)[n+]1ccccc1.[Cl-]. The molecule has 0 bridgehead atoms. The third-order valence-electron chi connectivity index (χ3n) is 2.47. The molecule has 0 radical (unpaired) electrons. The molecule has 0 saturated heterocycles. The van der Waals surface area contributed by atoms with E-state index < -0.39 is 0 Å². The lowest BCUT2D eigenvalue weighted by atomic mass is 10.1. The maximum Gasteiger partial charge on any atom is 0.180 e. The van der Waals surface area contributed by atoms with Crippen LogP contribution in [0.3, 0.4) is 0 Å². The van der Waals surface area contributed by atoms with Crippen LogP contribution < -0.4 is 17.0 Å². The van der Waals surface area contributed by atoms with Crippen LogP contribution in [0.15, 0.2) is 60.9 Å². The van der Waals surface area contributed by atoms with Crippen molar-refractivity contribution in [3.05, 3.63) is 66.5 Å². The van der Waals surface area contributed by atoms with Gasteiger partial charge in [-0.1, -0.05) is 36.4 Å². The Bertz CT molecular complexity index is 346. The zero-order valence-corrected chi connectivity index (χ0v) is 9.43. The van der Waals surface area contributed by atoms with Crippen LogP contribution in [0.1, 0.15) is 18.5 Å². The van der Waals surface area contributed by atoms with Crippen LogP contribution >= 0.6 is 0 Å². The van der Waals surface area contributed by atoms with E-state index in [1.54, 1.807) is 0 Å². The molecule has 0 aliphatic carbocycles. The molecule has 1 nitrogen and oxygen atoms in total. The Hall–Kier alpha value is -1.34. The van der Waals surface area contributed by atoms with Crippen LogP contribution in [-0.2, 0) is 0 Å². The fourth-order valence-corrected chi connectivity index (χ4v) is 1.57. The molecule has 1 heterocycles. The first-order valence-corrected chi connectivity index (χ1v) is 4.88. The molecule has 1 unspecified atom stereocenters. The minimum absolute atomic E-state index is 0. The van der Waals surface area contributed by atoms with Crippen LogP contribution in [0.4, 0.5) is 0 Å². The molecule has 78 valence electrons. The number of benzene rings is 1. The van der Waals surface area contributed by atoms with E-state index in [2.05, 4.69) is 60.3 Å². The highest BCUT2D eigenvalue weighted by molar-refractivity contribution is 5.16. The number of aromatic nitrogens is 1. The summed E-state index contributed by atoms with van der Waals surface area (Å²) in [6, 6.07) is 17.1. The zero-order valence-electron chi connectivity index (χ0n) is 8.68. The minimum Gasteiger partial charge on any atom is -1.00 e. The fraction of sp³-hybridized carbons (Fsp3) is 0.154. The number of hydrogen-bond acceptors (Lipinski definition) is 0. The summed E-state index contributed by atoms with van der Waals surface area (Å²) in [5.41, 5.74) is 1.34. The lowest BCUT2D eigenvalue weighted by Gasteiger charge is -2.06. The van der Waals surface area contributed by atoms with Crippen molar-refractivity contribution in [1.29, 1.82) is 0 Å². The van der Waals surface area contributed by atoms with Gasteiger partial charge in [-0.3, -0.25) is 0 Å². The van der Waals surface area contributed by atoms with Gasteiger partial charge >= 0.3 is 0 Å². The maximum absolute atomic E-state index is 2.20. The molecule has 0 amide bonds. The standard InChI is InChI=1S/C13H14N.ClH/c1-12(13-8-4-2-5-9-13)14-10-6-3-7-11-14;/h2-12H,1H3;1H/q+1;/p-1. The Morgan fingerprint density at radius 3 is 2.00 bits per heavy atom. The number of hydrogen-bond donors (Lipinski definition) is 0. The van der Waals surface area contributed by atoms with Crippen LogP contribution in [0.25, 0.3) is 0 Å². The van der Waals surface area contributed by atoms with E-state index in [1.165, 1.54) is 5.56 Å². The highest BCUT2D eigenvalue weighted by atomic mass is 35.5. The van der Waals surface area contributed by atoms with Crippen molar-refractivity contribution in [3.63, 3.8) is 0 Å². The van der Waals surface area contributed by atoms with Crippen molar-refractivity contribution in [3.8, 4) is 0 Å². The molecule has 0 aliphatic rings. The van der Waals surface area contributed by atoms with Gasteiger partial charge in [0.2, 0.25) is 0 Å². The van der Waals surface area contributed by atoms with Gasteiger partial charge in [-0.2, -0.15) is 4.57 Å². The third kappa shape index (κ3) is 2.80. The average molecular weight is 220 g/mol. The summed E-state index contributed by atoms with van der Waals surface area (Å²) in [6.45, 7) is 2.20. The summed E-state index contributed by atoms with van der Waals surface area (Å²) < 4.78 is 2.20. The van der Waals surface area contributed by atoms with E-state index >= 15 is 0 Å². The molecular formula is C13H14ClN. The molecule has 0 spiro atoms. The number of halogens is 1. The second-order valence-electron chi connectivity index (χ2n) is 3.41. The monoisotopic (exact) mass is 219 g/mol. The second-order valence-corrected chi connectivity index (χ2v) is 3.41. The third-order valence-corrected chi connectivity index (χ3v) is 2.47. The highest BCUT2D eigenvalue weighted by Gasteiger charge is 2.12. The van der Waals surface area contributed by atoms with E-state index in [9.17, 15) is 0 Å². The Balaban J connectivity index is 0.00000112. The van der Waals surface area contributed by atoms with Crippen molar-refractivity contribution < 1.29 is 17.0 Å². The first-order chi connectivity index (χ1) is 6.88. The summed E-state index contributed by atoms with van der Waals surface area (Å²) in [5.74, 6) is 0. The molecule has 0 N–H and O–H groups in total. The van der Waals surface area contributed by atoms with Crippen molar-refractivity contribution in [2.24, 2.45) is 0 Å². The van der Waals surface area contributed by atoms with E-state index in [4.69, 9.17) is 0 Å². The van der Waals surface area contributed by atoms with Crippen LogP contribution in [-0.4, -0.2) is 0 Å². The Morgan fingerprint density at radius 1 is 0.867 bits per heavy atom. The van der Waals surface area contributed by atoms with Gasteiger partial charge in [0.05, 0.1) is 0 Å². The van der Waals surface area contributed by atoms with Gasteiger partial charge in [0.1, 0.15) is 0 Å². The highest BCUT2D eigenvalue weighted by Crippen LogP contribution is 2.09. The molecule has 2 aromatic rings. The number of rotatable bonds is 2. The van der Waals surface area contributed by atoms with E-state index in [1.807, 2.05) is 12.1 Å². The smallest absolute Gasteiger partial charge is 0.180 e. The minimum atomic E-state index is 0. The number of nitrogens with zero attached hydrogens (tertiary/aromatic N) is 1. The van der Waals surface area contributed by atoms with Gasteiger partial charge in [-0.05, 0) is 0 Å². The second kappa shape index (κ2) is 5.52. The summed E-state index contributed by atoms with van der Waals surface area (Å²) in [7, 11) is 0. The summed E-state index contributed by atoms with van der Waals surface area (Å²) in [6.07, 6.45) is 4.19. The first-order valence-electron chi connectivity index (χ1n) is 4.88. The van der Waals surface area contributed by atoms with Crippen molar-refractivity contribution in [2.45, 2.75) is 13.0 Å². The van der Waals surface area contributed by atoms with Crippen molar-refractivity contribution in [2.75, 3.05) is 0 Å². The molecule has 2 rings (SSSR count). The molecule has 15 heavy (non-hydrogen) atoms. The summed E-state index contributed by atoms with van der Waals surface area (Å²) in [5, 5.41) is 0. The summed E-state index contributed by atoms with van der Waals surface area (Å²) >= 11 is 0. The molecule has 1 aromatic heterocycles. The largest absolute Gasteiger partial charge is 1.00 e. The lowest BCUT2D eigenvalue weighted by Crippen LogP contribution is -3.00. The summed E-state index contributed by atoms with van der Waals surface area (Å²) in [4.78, 5) is 0. The Kier molecular flexibility index (Phi) is 4.32. The predicted octanol–water partition coefficient (Wildman–Crippen LogP) is -0.413. The quantitative estimate of drug-likeness (QED) is 0.605. The molecule has 0 fully saturated rings. The predicted molar refractivity (Wildman–Crippen MR) is 56.9 cm³/mol. The van der Waals surface area contributed by atoms with Crippen LogP contribution in [0.2, 0.25) is 0 Å². The normalized spacial score (nSPS) is 11.5. The Morgan fingerprint density at radius 2 is 1.40 bits per heavy atom. The first kappa shape index (κ1) is 11.7. The molecule has 0 saturated carbocycles. The maximum atomic E-state index is 2.20.